The first-order valence-corrected chi connectivity index (χ1v) is 7.36. The second-order valence-corrected chi connectivity index (χ2v) is 6.15. The predicted molar refractivity (Wildman–Crippen MR) is 87.0 cm³/mol. The molecule has 0 saturated carbocycles. The zero-order chi connectivity index (χ0) is 13.8. The summed E-state index contributed by atoms with van der Waals surface area (Å²) in [5.41, 5.74) is 0.903. The molecule has 0 spiro atoms. The minimum Gasteiger partial charge on any atom is -0.390 e. The molecule has 0 bridgehead atoms. The molecule has 1 unspecified atom stereocenters. The zero-order valence-corrected chi connectivity index (χ0v) is 13.3. The van der Waals surface area contributed by atoms with E-state index in [0.717, 1.165) is 16.8 Å². The van der Waals surface area contributed by atoms with Gasteiger partial charge in [-0.05, 0) is 24.6 Å². The second-order valence-electron chi connectivity index (χ2n) is 5.15. The number of thiazole rings is 1. The molecule has 0 saturated heterocycles. The molecule has 0 aliphatic heterocycles. The number of aliphatic hydroxyl groups is 1. The maximum Gasteiger partial charge on any atom is 0.308 e. The third-order valence-corrected chi connectivity index (χ3v) is 3.86. The number of rotatable bonds is 6. The SMILES string of the molecule is CC(C)CNCC(O)Cn1c(=O)sc2ccccc21.Cl. The predicted octanol–water partition coefficient (Wildman–Crippen LogP) is 2.09. The standard InChI is InChI=1S/C14H20N2O2S.ClH/c1-10(2)7-15-8-11(17)9-16-12-5-3-4-6-13(12)19-14(16)18;/h3-6,10-11,15,17H,7-9H2,1-2H3;1H. The van der Waals surface area contributed by atoms with E-state index in [4.69, 9.17) is 0 Å². The lowest BCUT2D eigenvalue weighted by Crippen LogP contribution is -2.34. The Hall–Kier alpha value is -0.880. The summed E-state index contributed by atoms with van der Waals surface area (Å²) in [5.74, 6) is 0.553. The van der Waals surface area contributed by atoms with Gasteiger partial charge in [0, 0.05) is 6.54 Å². The number of nitrogens with one attached hydrogen (secondary N) is 1. The molecular formula is C14H21ClN2O2S. The van der Waals surface area contributed by atoms with Crippen LogP contribution in [-0.4, -0.2) is 28.9 Å². The highest BCUT2D eigenvalue weighted by Gasteiger charge is 2.11. The summed E-state index contributed by atoms with van der Waals surface area (Å²) in [6.45, 7) is 5.96. The average Bonchev–Trinajstić information content (AvgIpc) is 2.66. The van der Waals surface area contributed by atoms with Crippen molar-refractivity contribution in [2.75, 3.05) is 13.1 Å². The lowest BCUT2D eigenvalue weighted by molar-refractivity contribution is 0.151. The zero-order valence-electron chi connectivity index (χ0n) is 11.7. The summed E-state index contributed by atoms with van der Waals surface area (Å²) in [6.07, 6.45) is -0.547. The van der Waals surface area contributed by atoms with Gasteiger partial charge >= 0.3 is 4.87 Å². The summed E-state index contributed by atoms with van der Waals surface area (Å²) < 4.78 is 2.62. The van der Waals surface area contributed by atoms with E-state index in [0.29, 0.717) is 19.0 Å². The van der Waals surface area contributed by atoms with Crippen LogP contribution in [-0.2, 0) is 6.54 Å². The van der Waals surface area contributed by atoms with Crippen molar-refractivity contribution in [1.82, 2.24) is 9.88 Å². The Morgan fingerprint density at radius 1 is 1.30 bits per heavy atom. The van der Waals surface area contributed by atoms with Crippen LogP contribution in [0.15, 0.2) is 29.1 Å². The largest absolute Gasteiger partial charge is 0.390 e. The Labute approximate surface area is 128 Å². The highest BCUT2D eigenvalue weighted by atomic mass is 35.5. The maximum absolute atomic E-state index is 11.9. The minimum absolute atomic E-state index is 0. The molecule has 0 aliphatic carbocycles. The van der Waals surface area contributed by atoms with Gasteiger partial charge < -0.3 is 10.4 Å². The average molecular weight is 317 g/mol. The van der Waals surface area contributed by atoms with Gasteiger partial charge in [-0.25, -0.2) is 0 Å². The fourth-order valence-electron chi connectivity index (χ4n) is 2.00. The van der Waals surface area contributed by atoms with Crippen molar-refractivity contribution >= 4 is 34.0 Å². The van der Waals surface area contributed by atoms with Crippen molar-refractivity contribution in [2.24, 2.45) is 5.92 Å². The van der Waals surface area contributed by atoms with Crippen molar-refractivity contribution in [3.63, 3.8) is 0 Å². The number of aromatic nitrogens is 1. The molecule has 1 heterocycles. The van der Waals surface area contributed by atoms with E-state index in [-0.39, 0.29) is 17.3 Å². The van der Waals surface area contributed by atoms with Gasteiger partial charge in [0.05, 0.1) is 22.9 Å². The Balaban J connectivity index is 0.00000200. The number of aliphatic hydroxyl groups excluding tert-OH is 1. The van der Waals surface area contributed by atoms with Crippen molar-refractivity contribution in [2.45, 2.75) is 26.5 Å². The summed E-state index contributed by atoms with van der Waals surface area (Å²) in [5, 5.41) is 13.2. The maximum atomic E-state index is 11.9. The highest BCUT2D eigenvalue weighted by Crippen LogP contribution is 2.16. The highest BCUT2D eigenvalue weighted by molar-refractivity contribution is 7.16. The van der Waals surface area contributed by atoms with Gasteiger partial charge in [-0.3, -0.25) is 9.36 Å². The van der Waals surface area contributed by atoms with E-state index in [1.165, 1.54) is 11.3 Å². The summed E-state index contributed by atoms with van der Waals surface area (Å²) in [6, 6.07) is 7.68. The van der Waals surface area contributed by atoms with Gasteiger partial charge in [-0.1, -0.05) is 37.3 Å². The van der Waals surface area contributed by atoms with Crippen LogP contribution in [0.5, 0.6) is 0 Å². The van der Waals surface area contributed by atoms with Gasteiger partial charge in [0.2, 0.25) is 0 Å². The van der Waals surface area contributed by atoms with Gasteiger partial charge in [0.1, 0.15) is 0 Å². The van der Waals surface area contributed by atoms with Crippen LogP contribution in [0.1, 0.15) is 13.8 Å². The Morgan fingerprint density at radius 3 is 2.70 bits per heavy atom. The van der Waals surface area contributed by atoms with E-state index >= 15 is 0 Å². The minimum atomic E-state index is -0.547. The van der Waals surface area contributed by atoms with E-state index in [2.05, 4.69) is 19.2 Å². The smallest absolute Gasteiger partial charge is 0.308 e. The molecule has 1 aromatic carbocycles. The summed E-state index contributed by atoms with van der Waals surface area (Å²) in [4.78, 5) is 11.9. The number of hydrogen-bond donors (Lipinski definition) is 2. The van der Waals surface area contributed by atoms with Crippen molar-refractivity contribution < 1.29 is 5.11 Å². The van der Waals surface area contributed by atoms with Crippen molar-refractivity contribution in [3.8, 4) is 0 Å². The van der Waals surface area contributed by atoms with Gasteiger partial charge in [0.15, 0.2) is 0 Å². The summed E-state index contributed by atoms with van der Waals surface area (Å²) >= 11 is 1.23. The van der Waals surface area contributed by atoms with Crippen LogP contribution in [0.3, 0.4) is 0 Å². The molecule has 20 heavy (non-hydrogen) atoms. The molecule has 6 heteroatoms. The third kappa shape index (κ3) is 4.31. The summed E-state index contributed by atoms with van der Waals surface area (Å²) in [7, 11) is 0. The quantitative estimate of drug-likeness (QED) is 0.858. The molecule has 2 N–H and O–H groups in total. The molecule has 0 radical (unpaired) electrons. The normalized spacial score (nSPS) is 12.6. The molecule has 4 nitrogen and oxygen atoms in total. The Kier molecular flexibility index (Phi) is 6.68. The lowest BCUT2D eigenvalue weighted by Gasteiger charge is -2.14. The molecule has 112 valence electrons. The number of hydrogen-bond acceptors (Lipinski definition) is 4. The molecule has 0 amide bonds. The monoisotopic (exact) mass is 316 g/mol. The van der Waals surface area contributed by atoms with Crippen LogP contribution >= 0.6 is 23.7 Å². The molecule has 0 fully saturated rings. The van der Waals surface area contributed by atoms with Gasteiger partial charge in [-0.2, -0.15) is 0 Å². The van der Waals surface area contributed by atoms with Crippen LogP contribution < -0.4 is 10.2 Å². The van der Waals surface area contributed by atoms with E-state index in [1.54, 1.807) is 4.57 Å². The molecular weight excluding hydrogens is 296 g/mol. The Bertz CT molecular complexity index is 594. The Morgan fingerprint density at radius 2 is 2.00 bits per heavy atom. The first-order valence-electron chi connectivity index (χ1n) is 6.55. The third-order valence-electron chi connectivity index (χ3n) is 2.90. The molecule has 1 atom stereocenters. The number of halogens is 1. The lowest BCUT2D eigenvalue weighted by atomic mass is 10.2. The van der Waals surface area contributed by atoms with Gasteiger partial charge in [0.25, 0.3) is 0 Å². The van der Waals surface area contributed by atoms with Crippen molar-refractivity contribution in [3.05, 3.63) is 33.9 Å². The fourth-order valence-corrected chi connectivity index (χ4v) is 2.90. The van der Waals surface area contributed by atoms with Crippen LogP contribution in [0.2, 0.25) is 0 Å². The van der Waals surface area contributed by atoms with Crippen LogP contribution in [0, 0.1) is 5.92 Å². The molecule has 2 rings (SSSR count). The van der Waals surface area contributed by atoms with E-state index in [9.17, 15) is 9.90 Å². The number of para-hydroxylation sites is 1. The topological polar surface area (TPSA) is 54.3 Å². The van der Waals surface area contributed by atoms with Crippen LogP contribution in [0.25, 0.3) is 10.2 Å². The number of benzene rings is 1. The van der Waals surface area contributed by atoms with E-state index < -0.39 is 6.10 Å². The molecule has 1 aromatic heterocycles. The molecule has 0 aliphatic rings. The first kappa shape index (κ1) is 17.2. The van der Waals surface area contributed by atoms with Crippen molar-refractivity contribution in [1.29, 1.82) is 0 Å². The first-order chi connectivity index (χ1) is 9.08. The van der Waals surface area contributed by atoms with E-state index in [1.807, 2.05) is 24.3 Å². The fraction of sp³-hybridized carbons (Fsp3) is 0.500. The molecule has 2 aromatic rings. The number of fused-ring (bicyclic) bond motifs is 1. The number of nitrogens with zero attached hydrogens (tertiary/aromatic N) is 1. The van der Waals surface area contributed by atoms with Crippen LogP contribution in [0.4, 0.5) is 0 Å². The van der Waals surface area contributed by atoms with Gasteiger partial charge in [-0.15, -0.1) is 12.4 Å². The second kappa shape index (κ2) is 7.78.